The van der Waals surface area contributed by atoms with Gasteiger partial charge in [-0.05, 0) is 24.7 Å². The average molecular weight is 260 g/mol. The van der Waals surface area contributed by atoms with Crippen LogP contribution >= 0.6 is 0 Å². The van der Waals surface area contributed by atoms with Gasteiger partial charge in [0, 0.05) is 19.5 Å². The van der Waals surface area contributed by atoms with Crippen molar-refractivity contribution in [3.8, 4) is 6.07 Å². The number of hydrogen-bond acceptors (Lipinski definition) is 3. The van der Waals surface area contributed by atoms with E-state index in [0.717, 1.165) is 12.8 Å². The van der Waals surface area contributed by atoms with Gasteiger partial charge >= 0.3 is 0 Å². The van der Waals surface area contributed by atoms with E-state index in [0.29, 0.717) is 31.3 Å². The Morgan fingerprint density at radius 2 is 1.94 bits per heavy atom. The Morgan fingerprint density at radius 3 is 2.29 bits per heavy atom. The summed E-state index contributed by atoms with van der Waals surface area (Å²) in [6.07, 6.45) is 3.54. The highest BCUT2D eigenvalue weighted by Crippen LogP contribution is 2.20. The maximum Gasteiger partial charge on any atom is 0.211 e. The predicted molar refractivity (Wildman–Crippen MR) is 69.9 cm³/mol. The smallest absolute Gasteiger partial charge is 0.211 e. The first-order chi connectivity index (χ1) is 7.82. The summed E-state index contributed by atoms with van der Waals surface area (Å²) in [5, 5.41) is 8.71. The van der Waals surface area contributed by atoms with E-state index < -0.39 is 10.0 Å². The summed E-state index contributed by atoms with van der Waals surface area (Å²) >= 11 is 0. The fraction of sp³-hybridized carbons (Fsp3) is 0.917. The first-order valence-corrected chi connectivity index (χ1v) is 7.99. The molecule has 0 aromatic carbocycles. The molecule has 0 aliphatic carbocycles. The number of nitrogens with zero attached hydrogens (tertiary/aromatic N) is 2. The van der Waals surface area contributed by atoms with Crippen molar-refractivity contribution in [2.24, 2.45) is 11.8 Å². The Kier molecular flexibility index (Phi) is 7.40. The summed E-state index contributed by atoms with van der Waals surface area (Å²) in [7, 11) is -3.08. The lowest BCUT2D eigenvalue weighted by Gasteiger charge is -2.21. The minimum atomic E-state index is -3.08. The second-order valence-corrected chi connectivity index (χ2v) is 6.75. The third-order valence-corrected chi connectivity index (χ3v) is 4.48. The van der Waals surface area contributed by atoms with Crippen molar-refractivity contribution in [1.29, 1.82) is 5.26 Å². The molecule has 1 unspecified atom stereocenters. The van der Waals surface area contributed by atoms with Crippen LogP contribution in [0.1, 0.15) is 40.0 Å². The molecule has 0 saturated carbocycles. The Morgan fingerprint density at radius 1 is 1.35 bits per heavy atom. The monoisotopic (exact) mass is 260 g/mol. The molecular formula is C12H24N2O2S. The lowest BCUT2D eigenvalue weighted by atomic mass is 9.89. The topological polar surface area (TPSA) is 61.2 Å². The molecule has 0 heterocycles. The maximum absolute atomic E-state index is 11.4. The molecule has 0 N–H and O–H groups in total. The van der Waals surface area contributed by atoms with Crippen LogP contribution in [0.2, 0.25) is 0 Å². The van der Waals surface area contributed by atoms with Crippen LogP contribution in [-0.2, 0) is 10.0 Å². The predicted octanol–water partition coefficient (Wildman–Crippen LogP) is 2.23. The molecule has 0 aromatic heterocycles. The second-order valence-electron chi connectivity index (χ2n) is 4.76. The summed E-state index contributed by atoms with van der Waals surface area (Å²) in [5.74, 6) is 0.848. The van der Waals surface area contributed by atoms with Gasteiger partial charge < -0.3 is 0 Å². The Hall–Kier alpha value is -0.600. The summed E-state index contributed by atoms with van der Waals surface area (Å²) in [4.78, 5) is 0. The quantitative estimate of drug-likeness (QED) is 0.672. The van der Waals surface area contributed by atoms with E-state index >= 15 is 0 Å². The molecule has 0 aromatic rings. The van der Waals surface area contributed by atoms with Gasteiger partial charge in [0.05, 0.1) is 12.3 Å². The second kappa shape index (κ2) is 7.67. The van der Waals surface area contributed by atoms with Crippen molar-refractivity contribution in [3.63, 3.8) is 0 Å². The molecule has 0 amide bonds. The average Bonchev–Trinajstić information content (AvgIpc) is 2.20. The van der Waals surface area contributed by atoms with Gasteiger partial charge in [-0.2, -0.15) is 5.26 Å². The first-order valence-electron chi connectivity index (χ1n) is 6.15. The van der Waals surface area contributed by atoms with Gasteiger partial charge in [-0.1, -0.05) is 20.8 Å². The normalized spacial score (nSPS) is 13.9. The molecule has 4 nitrogen and oxygen atoms in total. The van der Waals surface area contributed by atoms with Gasteiger partial charge in [-0.3, -0.25) is 0 Å². The van der Waals surface area contributed by atoms with E-state index in [2.05, 4.69) is 19.9 Å². The lowest BCUT2D eigenvalue weighted by molar-refractivity contribution is 0.333. The molecule has 5 heteroatoms. The van der Waals surface area contributed by atoms with Gasteiger partial charge in [0.25, 0.3) is 0 Å². The van der Waals surface area contributed by atoms with Crippen molar-refractivity contribution in [3.05, 3.63) is 0 Å². The van der Waals surface area contributed by atoms with Crippen LogP contribution in [0.15, 0.2) is 0 Å². The highest BCUT2D eigenvalue weighted by atomic mass is 32.2. The Balaban J connectivity index is 4.16. The van der Waals surface area contributed by atoms with Crippen LogP contribution in [0.3, 0.4) is 0 Å². The third-order valence-electron chi connectivity index (χ3n) is 3.10. The summed E-state index contributed by atoms with van der Waals surface area (Å²) in [5.41, 5.74) is 0. The molecule has 0 aliphatic heterocycles. The minimum absolute atomic E-state index is 0.373. The zero-order valence-electron chi connectivity index (χ0n) is 11.3. The molecule has 1 atom stereocenters. The van der Waals surface area contributed by atoms with Crippen LogP contribution in [-0.4, -0.2) is 32.1 Å². The molecule has 17 heavy (non-hydrogen) atoms. The van der Waals surface area contributed by atoms with E-state index in [-0.39, 0.29) is 0 Å². The lowest BCUT2D eigenvalue weighted by Crippen LogP contribution is -2.31. The highest BCUT2D eigenvalue weighted by Gasteiger charge is 2.16. The largest absolute Gasteiger partial charge is 0.213 e. The zero-order valence-corrected chi connectivity index (χ0v) is 12.1. The standard InChI is InChI=1S/C12H24N2O2S/c1-5-14(17(4,15)16)10-6-7-12(8-9-13)11(2)3/h11-12H,5-8,10H2,1-4H3. The maximum atomic E-state index is 11.4. The molecule has 0 aliphatic rings. The molecule has 0 spiro atoms. The summed E-state index contributed by atoms with van der Waals surface area (Å²) in [6, 6.07) is 2.20. The fourth-order valence-corrected chi connectivity index (χ4v) is 2.81. The number of sulfonamides is 1. The summed E-state index contributed by atoms with van der Waals surface area (Å²) in [6.45, 7) is 7.13. The molecule has 0 rings (SSSR count). The van der Waals surface area contributed by atoms with E-state index in [9.17, 15) is 8.42 Å². The molecule has 0 bridgehead atoms. The minimum Gasteiger partial charge on any atom is -0.213 e. The number of hydrogen-bond donors (Lipinski definition) is 0. The first kappa shape index (κ1) is 16.4. The number of nitriles is 1. The zero-order chi connectivity index (χ0) is 13.5. The van der Waals surface area contributed by atoms with Crippen LogP contribution in [0, 0.1) is 23.2 Å². The van der Waals surface area contributed by atoms with Crippen molar-refractivity contribution < 1.29 is 8.42 Å². The fourth-order valence-electron chi connectivity index (χ4n) is 1.88. The molecule has 100 valence electrons. The van der Waals surface area contributed by atoms with Gasteiger partial charge in [-0.25, -0.2) is 12.7 Å². The van der Waals surface area contributed by atoms with Crippen molar-refractivity contribution in [2.75, 3.05) is 19.3 Å². The van der Waals surface area contributed by atoms with Crippen LogP contribution in [0.4, 0.5) is 0 Å². The van der Waals surface area contributed by atoms with Crippen molar-refractivity contribution in [1.82, 2.24) is 4.31 Å². The Labute approximate surface area is 106 Å². The number of rotatable bonds is 8. The van der Waals surface area contributed by atoms with E-state index in [1.54, 1.807) is 0 Å². The van der Waals surface area contributed by atoms with Gasteiger partial charge in [-0.15, -0.1) is 0 Å². The van der Waals surface area contributed by atoms with Crippen molar-refractivity contribution in [2.45, 2.75) is 40.0 Å². The van der Waals surface area contributed by atoms with Crippen LogP contribution < -0.4 is 0 Å². The Bertz CT molecular complexity index is 344. The molecular weight excluding hydrogens is 236 g/mol. The van der Waals surface area contributed by atoms with Gasteiger partial charge in [0.15, 0.2) is 0 Å². The molecule has 0 radical (unpaired) electrons. The van der Waals surface area contributed by atoms with Gasteiger partial charge in [0.1, 0.15) is 0 Å². The molecule has 0 saturated heterocycles. The van der Waals surface area contributed by atoms with Crippen LogP contribution in [0.25, 0.3) is 0 Å². The van der Waals surface area contributed by atoms with Crippen molar-refractivity contribution >= 4 is 10.0 Å². The molecule has 0 fully saturated rings. The summed E-state index contributed by atoms with van der Waals surface area (Å²) < 4.78 is 24.2. The SMILES string of the molecule is CCN(CCCC(CC#N)C(C)C)S(C)(=O)=O. The van der Waals surface area contributed by atoms with E-state index in [1.807, 2.05) is 6.92 Å². The van der Waals surface area contributed by atoms with E-state index in [1.165, 1.54) is 10.6 Å². The van der Waals surface area contributed by atoms with E-state index in [4.69, 9.17) is 5.26 Å². The van der Waals surface area contributed by atoms with Gasteiger partial charge in [0.2, 0.25) is 10.0 Å². The third kappa shape index (κ3) is 6.64. The highest BCUT2D eigenvalue weighted by molar-refractivity contribution is 7.88. The van der Waals surface area contributed by atoms with Crippen LogP contribution in [0.5, 0.6) is 0 Å².